The molecule has 128 valence electrons. The number of hydrogen-bond acceptors (Lipinski definition) is 3. The summed E-state index contributed by atoms with van der Waals surface area (Å²) in [6, 6.07) is 8.53. The number of benzene rings is 1. The van der Waals surface area contributed by atoms with Gasteiger partial charge >= 0.3 is 0 Å². The standard InChI is InChI=1S/C19H24FN3O/c1-3-4-11-23(2)19(24)16-12-17(14-21-13-16)22-10-9-15-7-5-6-8-18(15)20/h5-8,12-14,22H,3-4,9-11H2,1-2H3. The molecule has 0 bridgehead atoms. The highest BCUT2D eigenvalue weighted by Crippen LogP contribution is 2.12. The van der Waals surface area contributed by atoms with E-state index in [1.165, 1.54) is 6.07 Å². The van der Waals surface area contributed by atoms with Gasteiger partial charge in [-0.1, -0.05) is 31.5 Å². The van der Waals surface area contributed by atoms with E-state index < -0.39 is 0 Å². The van der Waals surface area contributed by atoms with Gasteiger partial charge in [-0.2, -0.15) is 0 Å². The van der Waals surface area contributed by atoms with Gasteiger partial charge in [0.15, 0.2) is 0 Å². The number of unbranched alkanes of at least 4 members (excludes halogenated alkanes) is 1. The summed E-state index contributed by atoms with van der Waals surface area (Å²) in [5, 5.41) is 3.20. The molecule has 4 nitrogen and oxygen atoms in total. The maximum Gasteiger partial charge on any atom is 0.255 e. The highest BCUT2D eigenvalue weighted by molar-refractivity contribution is 5.94. The van der Waals surface area contributed by atoms with Crippen molar-refractivity contribution in [3.05, 3.63) is 59.7 Å². The van der Waals surface area contributed by atoms with Crippen LogP contribution >= 0.6 is 0 Å². The van der Waals surface area contributed by atoms with Crippen LogP contribution in [0.4, 0.5) is 10.1 Å². The molecule has 1 heterocycles. The number of carbonyl (C=O) groups excluding carboxylic acids is 1. The van der Waals surface area contributed by atoms with Crippen molar-refractivity contribution in [2.24, 2.45) is 0 Å². The van der Waals surface area contributed by atoms with E-state index in [1.807, 2.05) is 6.07 Å². The van der Waals surface area contributed by atoms with Crippen LogP contribution in [-0.2, 0) is 6.42 Å². The molecule has 0 radical (unpaired) electrons. The Kier molecular flexibility index (Phi) is 6.73. The van der Waals surface area contributed by atoms with Crippen LogP contribution in [-0.4, -0.2) is 35.9 Å². The van der Waals surface area contributed by atoms with Gasteiger partial charge in [-0.3, -0.25) is 9.78 Å². The number of amides is 1. The van der Waals surface area contributed by atoms with Crippen molar-refractivity contribution in [2.75, 3.05) is 25.5 Å². The van der Waals surface area contributed by atoms with Gasteiger partial charge in [0.2, 0.25) is 0 Å². The van der Waals surface area contributed by atoms with E-state index in [2.05, 4.69) is 17.2 Å². The lowest BCUT2D eigenvalue weighted by atomic mass is 10.1. The predicted octanol–water partition coefficient (Wildman–Crippen LogP) is 3.75. The zero-order chi connectivity index (χ0) is 17.4. The molecule has 0 fully saturated rings. The van der Waals surface area contributed by atoms with Crippen molar-refractivity contribution < 1.29 is 9.18 Å². The summed E-state index contributed by atoms with van der Waals surface area (Å²) in [5.41, 5.74) is 2.00. The van der Waals surface area contributed by atoms with Crippen LogP contribution in [0.3, 0.4) is 0 Å². The minimum atomic E-state index is -0.195. The van der Waals surface area contributed by atoms with Gasteiger partial charge in [0.25, 0.3) is 5.91 Å². The molecule has 1 N–H and O–H groups in total. The summed E-state index contributed by atoms with van der Waals surface area (Å²) in [6.07, 6.45) is 5.85. The molecule has 2 rings (SSSR count). The predicted molar refractivity (Wildman–Crippen MR) is 94.7 cm³/mol. The Balaban J connectivity index is 1.93. The largest absolute Gasteiger partial charge is 0.383 e. The number of hydrogen-bond donors (Lipinski definition) is 1. The lowest BCUT2D eigenvalue weighted by Crippen LogP contribution is -2.27. The van der Waals surface area contributed by atoms with E-state index in [-0.39, 0.29) is 11.7 Å². The third-order valence-corrected chi connectivity index (χ3v) is 3.86. The van der Waals surface area contributed by atoms with Crippen LogP contribution < -0.4 is 5.32 Å². The number of rotatable bonds is 8. The van der Waals surface area contributed by atoms with E-state index in [1.54, 1.807) is 42.5 Å². The van der Waals surface area contributed by atoms with Crippen molar-refractivity contribution in [1.82, 2.24) is 9.88 Å². The number of nitrogens with one attached hydrogen (secondary N) is 1. The first-order valence-electron chi connectivity index (χ1n) is 8.29. The third-order valence-electron chi connectivity index (χ3n) is 3.86. The SMILES string of the molecule is CCCCN(C)C(=O)c1cncc(NCCc2ccccc2F)c1. The fraction of sp³-hybridized carbons (Fsp3) is 0.368. The summed E-state index contributed by atoms with van der Waals surface area (Å²) >= 11 is 0. The van der Waals surface area contributed by atoms with Crippen molar-refractivity contribution in [3.8, 4) is 0 Å². The van der Waals surface area contributed by atoms with Gasteiger partial charge < -0.3 is 10.2 Å². The molecule has 1 aromatic carbocycles. The molecule has 0 saturated heterocycles. The normalized spacial score (nSPS) is 10.5. The second-order valence-electron chi connectivity index (χ2n) is 5.81. The second kappa shape index (κ2) is 9.01. The van der Waals surface area contributed by atoms with E-state index >= 15 is 0 Å². The number of nitrogens with zero attached hydrogens (tertiary/aromatic N) is 2. The summed E-state index contributed by atoms with van der Waals surface area (Å²) in [4.78, 5) is 18.2. The van der Waals surface area contributed by atoms with Crippen LogP contribution in [0.2, 0.25) is 0 Å². The summed E-state index contributed by atoms with van der Waals surface area (Å²) in [5.74, 6) is -0.229. The van der Waals surface area contributed by atoms with Gasteiger partial charge in [0.1, 0.15) is 5.82 Å². The average molecular weight is 329 g/mol. The van der Waals surface area contributed by atoms with Gasteiger partial charge in [-0.25, -0.2) is 4.39 Å². The average Bonchev–Trinajstić information content (AvgIpc) is 2.61. The Hall–Kier alpha value is -2.43. The van der Waals surface area contributed by atoms with E-state index in [0.717, 1.165) is 25.1 Å². The first kappa shape index (κ1) is 17.9. The summed E-state index contributed by atoms with van der Waals surface area (Å²) in [6.45, 7) is 3.41. The van der Waals surface area contributed by atoms with Gasteiger partial charge in [-0.15, -0.1) is 0 Å². The molecular formula is C19H24FN3O. The third kappa shape index (κ3) is 5.05. The zero-order valence-electron chi connectivity index (χ0n) is 14.3. The summed E-state index contributed by atoms with van der Waals surface area (Å²) in [7, 11) is 1.80. The number of anilines is 1. The van der Waals surface area contributed by atoms with Crippen LogP contribution in [0, 0.1) is 5.82 Å². The molecule has 0 aliphatic rings. The number of carbonyl (C=O) groups is 1. The molecule has 0 aliphatic heterocycles. The van der Waals surface area contributed by atoms with Crippen LogP contribution in [0.5, 0.6) is 0 Å². The molecule has 1 aromatic heterocycles. The molecule has 5 heteroatoms. The Morgan fingerprint density at radius 3 is 2.83 bits per heavy atom. The minimum absolute atomic E-state index is 0.0336. The molecule has 2 aromatic rings. The molecule has 0 atom stereocenters. The molecule has 1 amide bonds. The molecule has 0 unspecified atom stereocenters. The topological polar surface area (TPSA) is 45.2 Å². The van der Waals surface area contributed by atoms with Crippen molar-refractivity contribution in [2.45, 2.75) is 26.2 Å². The maximum absolute atomic E-state index is 13.6. The van der Waals surface area contributed by atoms with Gasteiger partial charge in [0, 0.05) is 32.5 Å². The van der Waals surface area contributed by atoms with Crippen LogP contribution in [0.1, 0.15) is 35.7 Å². The number of pyridine rings is 1. The Morgan fingerprint density at radius 2 is 2.08 bits per heavy atom. The molecule has 0 aliphatic carbocycles. The summed E-state index contributed by atoms with van der Waals surface area (Å²) < 4.78 is 13.6. The van der Waals surface area contributed by atoms with E-state index in [4.69, 9.17) is 0 Å². The maximum atomic E-state index is 13.6. The number of halogens is 1. The van der Waals surface area contributed by atoms with E-state index in [0.29, 0.717) is 24.1 Å². The van der Waals surface area contributed by atoms with Gasteiger partial charge in [0.05, 0.1) is 11.3 Å². The lowest BCUT2D eigenvalue weighted by Gasteiger charge is -2.17. The highest BCUT2D eigenvalue weighted by Gasteiger charge is 2.12. The fourth-order valence-electron chi connectivity index (χ4n) is 2.41. The Labute approximate surface area is 142 Å². The Morgan fingerprint density at radius 1 is 1.29 bits per heavy atom. The zero-order valence-corrected chi connectivity index (χ0v) is 14.3. The van der Waals surface area contributed by atoms with Crippen LogP contribution in [0.25, 0.3) is 0 Å². The van der Waals surface area contributed by atoms with Crippen molar-refractivity contribution >= 4 is 11.6 Å². The smallest absolute Gasteiger partial charge is 0.255 e. The minimum Gasteiger partial charge on any atom is -0.383 e. The van der Waals surface area contributed by atoms with Gasteiger partial charge in [-0.05, 0) is 30.5 Å². The first-order chi connectivity index (χ1) is 11.6. The fourth-order valence-corrected chi connectivity index (χ4v) is 2.41. The van der Waals surface area contributed by atoms with Crippen molar-refractivity contribution in [3.63, 3.8) is 0 Å². The quantitative estimate of drug-likeness (QED) is 0.802. The lowest BCUT2D eigenvalue weighted by molar-refractivity contribution is 0.0793. The van der Waals surface area contributed by atoms with E-state index in [9.17, 15) is 9.18 Å². The second-order valence-corrected chi connectivity index (χ2v) is 5.81. The molecular weight excluding hydrogens is 305 g/mol. The first-order valence-corrected chi connectivity index (χ1v) is 8.29. The van der Waals surface area contributed by atoms with Crippen LogP contribution in [0.15, 0.2) is 42.7 Å². The highest BCUT2D eigenvalue weighted by atomic mass is 19.1. The van der Waals surface area contributed by atoms with Crippen molar-refractivity contribution in [1.29, 1.82) is 0 Å². The molecule has 24 heavy (non-hydrogen) atoms. The Bertz CT molecular complexity index is 675. The monoisotopic (exact) mass is 329 g/mol. The number of aromatic nitrogens is 1. The molecule has 0 spiro atoms. The molecule has 0 saturated carbocycles.